The first-order chi connectivity index (χ1) is 37.6. The molecule has 0 aliphatic carbocycles. The Balaban J connectivity index is 2.24. The fourth-order valence-corrected chi connectivity index (χ4v) is 10.5. The van der Waals surface area contributed by atoms with Gasteiger partial charge < -0.3 is 34.3 Å². The van der Waals surface area contributed by atoms with Crippen molar-refractivity contribution in [3.63, 3.8) is 0 Å². The normalized spacial score (nSPS) is 18.8. The lowest BCUT2D eigenvalue weighted by atomic mass is 9.99. The number of carbonyl (C=O) groups excluding carboxylic acids is 1. The van der Waals surface area contributed by atoms with Crippen LogP contribution in [0.4, 0.5) is 0 Å². The van der Waals surface area contributed by atoms with Gasteiger partial charge in [0.05, 0.1) is 19.8 Å². The van der Waals surface area contributed by atoms with Crippen LogP contribution in [0.25, 0.3) is 0 Å². The quantitative estimate of drug-likeness (QED) is 0.0196. The van der Waals surface area contributed by atoms with Gasteiger partial charge in [-0.05, 0) is 51.4 Å². The summed E-state index contributed by atoms with van der Waals surface area (Å²) in [6.07, 6.45) is 61.6. The van der Waals surface area contributed by atoms with Gasteiger partial charge in [-0.15, -0.1) is 0 Å². The van der Waals surface area contributed by atoms with Gasteiger partial charge in [0.25, 0.3) is 0 Å². The van der Waals surface area contributed by atoms with E-state index in [1.165, 1.54) is 199 Å². The monoisotopic (exact) mass is 1110 g/mol. The van der Waals surface area contributed by atoms with Crippen molar-refractivity contribution in [2.45, 2.75) is 327 Å². The molecule has 0 saturated carbocycles. The largest absolute Gasteiger partial charge is 0.457 e. The van der Waals surface area contributed by atoms with Crippen LogP contribution in [0.5, 0.6) is 0 Å². The zero-order chi connectivity index (χ0) is 56.0. The zero-order valence-corrected chi connectivity index (χ0v) is 50.1. The van der Waals surface area contributed by atoms with E-state index in [1.807, 2.05) is 0 Å². The molecule has 0 aromatic carbocycles. The van der Waals surface area contributed by atoms with Gasteiger partial charge in [-0.3, -0.25) is 9.35 Å². The molecule has 452 valence electrons. The molecule has 4 N–H and O–H groups in total. The van der Waals surface area contributed by atoms with Crippen molar-refractivity contribution >= 4 is 16.4 Å². The summed E-state index contributed by atoms with van der Waals surface area (Å²) in [7, 11) is -5.07. The van der Waals surface area contributed by atoms with Crippen LogP contribution in [0.3, 0.4) is 0 Å². The lowest BCUT2D eigenvalue weighted by molar-refractivity contribution is -0.301. The van der Waals surface area contributed by atoms with Crippen molar-refractivity contribution in [2.24, 2.45) is 0 Å². The van der Waals surface area contributed by atoms with Gasteiger partial charge in [0.1, 0.15) is 30.5 Å². The Morgan fingerprint density at radius 1 is 0.506 bits per heavy atom. The topological polar surface area (TPSA) is 178 Å². The van der Waals surface area contributed by atoms with Gasteiger partial charge >= 0.3 is 16.4 Å². The number of rotatable bonds is 57. The lowest BCUT2D eigenvalue weighted by Crippen LogP contribution is -2.60. The predicted molar refractivity (Wildman–Crippen MR) is 317 cm³/mol. The smallest absolute Gasteiger partial charge is 0.397 e. The molecule has 6 unspecified atom stereocenters. The summed E-state index contributed by atoms with van der Waals surface area (Å²) in [4.78, 5) is 13.0. The molecule has 13 heteroatoms. The number of aliphatic hydroxyl groups excluding tert-OH is 3. The summed E-state index contributed by atoms with van der Waals surface area (Å²) in [6, 6.07) is 0. The fourth-order valence-electron chi connectivity index (χ4n) is 9.96. The van der Waals surface area contributed by atoms with Crippen molar-refractivity contribution in [3.8, 4) is 0 Å². The number of carbonyl (C=O) groups is 1. The number of esters is 1. The maximum atomic E-state index is 13.0. The highest BCUT2D eigenvalue weighted by atomic mass is 32.3. The zero-order valence-electron chi connectivity index (χ0n) is 49.3. The Labute approximate surface area is 472 Å². The van der Waals surface area contributed by atoms with E-state index in [1.54, 1.807) is 0 Å². The molecule has 1 heterocycles. The molecule has 77 heavy (non-hydrogen) atoms. The average Bonchev–Trinajstić information content (AvgIpc) is 3.42. The molecule has 6 atom stereocenters. The van der Waals surface area contributed by atoms with Crippen molar-refractivity contribution in [1.29, 1.82) is 0 Å². The van der Waals surface area contributed by atoms with E-state index >= 15 is 0 Å². The molecule has 0 bridgehead atoms. The standard InChI is InChI=1S/C64H118O12S/c1-3-5-7-9-11-13-15-17-19-21-23-25-27-29-30-32-34-36-38-40-42-44-46-48-50-52-54-72-56-58(57-73-64-62(68)63(76-77(69,70)71)61(67)59(55-65)75-64)74-60(66)53-51-49-47-45-43-41-39-37-35-33-31-28-26-24-22-20-18-16-14-12-10-8-6-4-2/h5,7,11,13,17,19,23,25,58-59,61-65,67-68H,3-4,6,8-10,12,14-16,18,20-22,24,26-57H2,1-2H3,(H,69,70,71)/b7-5-,13-11-,19-17-,25-23-. The van der Waals surface area contributed by atoms with E-state index in [-0.39, 0.29) is 19.6 Å². The van der Waals surface area contributed by atoms with Crippen molar-refractivity contribution in [1.82, 2.24) is 0 Å². The second-order valence-corrected chi connectivity index (χ2v) is 23.0. The summed E-state index contributed by atoms with van der Waals surface area (Å²) in [5.74, 6) is -0.393. The minimum Gasteiger partial charge on any atom is -0.457 e. The van der Waals surface area contributed by atoms with Crippen LogP contribution in [0.2, 0.25) is 0 Å². The van der Waals surface area contributed by atoms with Gasteiger partial charge in [-0.2, -0.15) is 8.42 Å². The SMILES string of the molecule is CC/C=C\C/C=C\C/C=C\C/C=C\CCCCCCCCCCCCCCCOCC(COC1OC(CO)C(O)C(OS(=O)(=O)O)C1O)OC(=O)CCCCCCCCCCCCCCCCCCCCCCCCCC. The summed E-state index contributed by atoms with van der Waals surface area (Å²) in [5.41, 5.74) is 0. The summed E-state index contributed by atoms with van der Waals surface area (Å²) >= 11 is 0. The van der Waals surface area contributed by atoms with Crippen LogP contribution in [-0.4, -0.2) is 97.5 Å². The van der Waals surface area contributed by atoms with Crippen LogP contribution in [-0.2, 0) is 38.3 Å². The second-order valence-electron chi connectivity index (χ2n) is 22.0. The molecule has 0 aromatic heterocycles. The highest BCUT2D eigenvalue weighted by Crippen LogP contribution is 2.26. The number of aliphatic hydroxyl groups is 3. The van der Waals surface area contributed by atoms with Crippen LogP contribution >= 0.6 is 0 Å². The first-order valence-electron chi connectivity index (χ1n) is 31.9. The van der Waals surface area contributed by atoms with Crippen LogP contribution < -0.4 is 0 Å². The molecule has 1 aliphatic rings. The average molecular weight is 1110 g/mol. The third-order valence-corrected chi connectivity index (χ3v) is 15.2. The Bertz CT molecular complexity index is 1520. The number of unbranched alkanes of at least 4 members (excludes halogenated alkanes) is 36. The second kappa shape index (κ2) is 54.6. The maximum Gasteiger partial charge on any atom is 0.397 e. The molecule has 1 fully saturated rings. The van der Waals surface area contributed by atoms with E-state index in [0.717, 1.165) is 64.2 Å². The Kier molecular flexibility index (Phi) is 51.9. The first-order valence-corrected chi connectivity index (χ1v) is 33.3. The van der Waals surface area contributed by atoms with E-state index in [2.05, 4.69) is 66.6 Å². The number of ether oxygens (including phenoxy) is 4. The molecule has 0 radical (unpaired) electrons. The van der Waals surface area contributed by atoms with E-state index in [0.29, 0.717) is 13.0 Å². The van der Waals surface area contributed by atoms with Crippen molar-refractivity contribution < 1.29 is 56.2 Å². The van der Waals surface area contributed by atoms with Gasteiger partial charge in [0.15, 0.2) is 6.29 Å². The summed E-state index contributed by atoms with van der Waals surface area (Å²) in [6.45, 7) is 3.94. The third-order valence-electron chi connectivity index (χ3n) is 14.7. The minimum atomic E-state index is -5.07. The van der Waals surface area contributed by atoms with E-state index < -0.39 is 59.8 Å². The molecule has 1 saturated heterocycles. The highest BCUT2D eigenvalue weighted by molar-refractivity contribution is 7.80. The maximum absolute atomic E-state index is 13.0. The van der Waals surface area contributed by atoms with Crippen LogP contribution in [0, 0.1) is 0 Å². The van der Waals surface area contributed by atoms with E-state index in [9.17, 15) is 33.1 Å². The predicted octanol–water partition coefficient (Wildman–Crippen LogP) is 16.6. The summed E-state index contributed by atoms with van der Waals surface area (Å²) in [5, 5.41) is 30.9. The summed E-state index contributed by atoms with van der Waals surface area (Å²) < 4.78 is 59.6. The fraction of sp³-hybridized carbons (Fsp3) is 0.859. The third kappa shape index (κ3) is 47.4. The number of hydrogen-bond acceptors (Lipinski definition) is 11. The number of hydrogen-bond donors (Lipinski definition) is 4. The molecule has 1 rings (SSSR count). The Hall–Kier alpha value is -1.94. The Morgan fingerprint density at radius 2 is 0.896 bits per heavy atom. The van der Waals surface area contributed by atoms with Crippen LogP contribution in [0.15, 0.2) is 48.6 Å². The Morgan fingerprint density at radius 3 is 1.31 bits per heavy atom. The van der Waals surface area contributed by atoms with Gasteiger partial charge in [-0.1, -0.05) is 281 Å². The molecular formula is C64H118O12S. The van der Waals surface area contributed by atoms with Crippen molar-refractivity contribution in [3.05, 3.63) is 48.6 Å². The highest BCUT2D eigenvalue weighted by Gasteiger charge is 2.48. The van der Waals surface area contributed by atoms with Crippen LogP contribution in [0.1, 0.15) is 290 Å². The molecule has 0 amide bonds. The number of allylic oxidation sites excluding steroid dienone is 8. The lowest BCUT2D eigenvalue weighted by Gasteiger charge is -2.41. The molecule has 12 nitrogen and oxygen atoms in total. The molecule has 0 aromatic rings. The van der Waals surface area contributed by atoms with Gasteiger partial charge in [0, 0.05) is 13.0 Å². The van der Waals surface area contributed by atoms with Gasteiger partial charge in [0.2, 0.25) is 0 Å². The first kappa shape index (κ1) is 73.1. The minimum absolute atomic E-state index is 0.0380. The molecule has 1 aliphatic heterocycles. The van der Waals surface area contributed by atoms with E-state index in [4.69, 9.17) is 18.9 Å². The molecule has 0 spiro atoms. The molecular weight excluding hydrogens is 993 g/mol. The van der Waals surface area contributed by atoms with Gasteiger partial charge in [-0.25, -0.2) is 4.18 Å². The van der Waals surface area contributed by atoms with Crippen molar-refractivity contribution in [2.75, 3.05) is 26.4 Å².